The van der Waals surface area contributed by atoms with Gasteiger partial charge in [0.25, 0.3) is 0 Å². The molecule has 8 saturated carbocycles. The molecule has 10 nitrogen and oxygen atoms in total. The van der Waals surface area contributed by atoms with Crippen molar-refractivity contribution in [2.24, 2.45) is 62.2 Å². The van der Waals surface area contributed by atoms with Crippen LogP contribution in [0.1, 0.15) is 327 Å². The summed E-state index contributed by atoms with van der Waals surface area (Å²) in [5, 5.41) is 35.1. The Morgan fingerprint density at radius 1 is 0.349 bits per heavy atom. The van der Waals surface area contributed by atoms with Gasteiger partial charge in [-0.15, -0.1) is 0 Å². The molecule has 0 unspecified atom stereocenters. The van der Waals surface area contributed by atoms with Crippen LogP contribution >= 0.6 is 63.7 Å². The molecule has 146 heavy (non-hydrogen) atoms. The van der Waals surface area contributed by atoms with Gasteiger partial charge in [-0.25, -0.2) is 0 Å². The minimum absolute atomic E-state index is 0.214. The summed E-state index contributed by atoms with van der Waals surface area (Å²) in [7, 11) is 1.72. The molecule has 3 N–H and O–H groups in total. The summed E-state index contributed by atoms with van der Waals surface area (Å²) in [5.74, 6) is 7.27. The second-order valence-electron chi connectivity index (χ2n) is 47.3. The first-order valence-corrected chi connectivity index (χ1v) is 63.1. The number of aromatic nitrogens is 3. The van der Waals surface area contributed by atoms with Crippen molar-refractivity contribution in [2.45, 2.75) is 361 Å². The Balaban J connectivity index is 0.000000134. The Bertz CT molecular complexity index is 6400. The number of ether oxygens (including phenoxy) is 1. The number of halogens is 7. The fourth-order valence-electron chi connectivity index (χ4n) is 25.1. The van der Waals surface area contributed by atoms with E-state index in [0.717, 1.165) is 232 Å². The number of rotatable bonds is 7. The number of hydrogen-bond donors (Lipinski definition) is 3. The summed E-state index contributed by atoms with van der Waals surface area (Å²) >= 11 is 13.8. The van der Waals surface area contributed by atoms with Crippen molar-refractivity contribution in [3.05, 3.63) is 256 Å². The quantitative estimate of drug-likeness (QED) is 0.135. The van der Waals surface area contributed by atoms with Gasteiger partial charge >= 0.3 is 335 Å². The van der Waals surface area contributed by atoms with E-state index in [1.54, 1.807) is 7.11 Å². The zero-order valence-electron chi connectivity index (χ0n) is 90.6. The van der Waals surface area contributed by atoms with Crippen LogP contribution in [0.4, 0.5) is 18.9 Å². The molecule has 786 valence electrons. The van der Waals surface area contributed by atoms with E-state index >= 15 is 0 Å². The first kappa shape index (κ1) is 115. The zero-order valence-corrected chi connectivity index (χ0v) is 103. The third kappa shape index (κ3) is 29.9. The topological polar surface area (TPSA) is 149 Å². The standard InChI is InChI=1S/C23H25F3O.C21H22Br2O2.C21H18Br2O.2C10H15N.C8H9N.3C6H8N.3C5H10.3Mo/c1-13-11-15-7-3-5-9-17(15)20(14(13)2)21-18-10-6-4-8-16(18)12-19(22(21)27)23(24,25)26;1-25-21-17(23)11-13-7-3-5-9-15(13)19(21)18-14-8-4-2-6-12(14)10-16(22)20(18)24;1-12-17(22)10-13-6-2-4-8-15(13)19(12)20-16-9-5-3-7-14(16)11-18(23)21(20)24;2*11-10-4-7-1-8(5-10)3-9(2-7)6-10;1-6-4-3-5-7(2)8(6)9;3*1-5-3-4-6(2)7-5;3*1-5(2,3)4;;;/h11-12,27H,3-10H2,1-2H3;10-11,24H,2-9H2,1H3;2,4,6,8,10-11,24H,3,5,7,9H2,1H3;2*7-9H,1-6H2;3-5H,1-2H3;3*3-4H,1-2H3;3*1H,2-4H3;;;/q;;;;;;3*-1;;;;;;. The molecule has 0 saturated heterocycles. The second kappa shape index (κ2) is 50.4. The van der Waals surface area contributed by atoms with Crippen molar-refractivity contribution >= 4 is 93.4 Å². The van der Waals surface area contributed by atoms with Crippen LogP contribution < -0.4 is 19.7 Å². The number of alkyl halides is 3. The first-order valence-electron chi connectivity index (χ1n) is 53.8. The maximum atomic E-state index is 13.7. The Kier molecular flexibility index (Phi) is 39.8. The molecule has 20 heteroatoms. The second-order valence-corrected chi connectivity index (χ2v) is 55.4. The summed E-state index contributed by atoms with van der Waals surface area (Å²) in [6.45, 7) is 42.9. The number of aromatic hydroxyl groups is 3. The number of aryl methyl sites for hydroxylation is 14. The first-order chi connectivity index (χ1) is 69.1. The average Bonchev–Trinajstić information content (AvgIpc) is 0.741. The molecule has 3 heterocycles. The SMILES string of the molecule is CC(C)(C)[CH]=[Mo]=[N]C12CC3CC(CC(C3)C1)C2.CC(C)(C)[CH]=[Mo]=[N]C12CC3CC(CC(C3)C1)C2.COc1c(Br)cc2c(c1-c1c(O)c(Br)cc3c1CCCC3)CCCC2.Cc1c(Br)cc2ccccc2c1-c1c(O)c(Br)cc2c1CCCC2.Cc1cc2c(c(-c3c(O)c(C(F)(F)F)cc4c3CCCC4)c1C)CCCC2.Cc1ccc(C)[n-]1.Cc1ccc(C)[n-]1.Cc1ccc(C)[n-]1.Cc1cccc(C)c1[N]=[Mo]=[CH]C(C)(C)C. The molecule has 0 radical (unpaired) electrons. The number of phenols is 3. The fraction of sp³-hybridized carbons (Fsp3) is 0.516. The normalized spacial score (nSPS) is 20.8. The molecule has 24 rings (SSSR count). The van der Waals surface area contributed by atoms with Gasteiger partial charge in [0.1, 0.15) is 23.0 Å². The van der Waals surface area contributed by atoms with E-state index in [-0.39, 0.29) is 53.8 Å². The molecule has 3 aromatic heterocycles. The molecule has 0 atom stereocenters. The van der Waals surface area contributed by atoms with E-state index in [1.807, 2.05) is 91.8 Å². The number of phenolic OH excluding ortho intramolecular Hbond substituents is 3. The molecule has 13 aliphatic rings. The fourth-order valence-corrected chi connectivity index (χ4v) is 33.0. The van der Waals surface area contributed by atoms with E-state index in [9.17, 15) is 28.5 Å². The van der Waals surface area contributed by atoms with Crippen molar-refractivity contribution in [3.8, 4) is 56.4 Å². The predicted molar refractivity (Wildman–Crippen MR) is 607 cm³/mol. The Hall–Kier alpha value is -6.16. The predicted octanol–water partition coefficient (Wildman–Crippen LogP) is 35.7. The van der Waals surface area contributed by atoms with Gasteiger partial charge < -0.3 is 35.0 Å². The van der Waals surface area contributed by atoms with Gasteiger partial charge in [0.2, 0.25) is 0 Å². The Morgan fingerprint density at radius 2 is 0.671 bits per heavy atom. The Labute approximate surface area is 929 Å². The van der Waals surface area contributed by atoms with Crippen molar-refractivity contribution in [1.82, 2.24) is 15.0 Å². The Morgan fingerprint density at radius 3 is 1.03 bits per heavy atom. The molecule has 8 bridgehead atoms. The summed E-state index contributed by atoms with van der Waals surface area (Å²) in [4.78, 5) is 12.3. The molecule has 11 aromatic rings. The van der Waals surface area contributed by atoms with Gasteiger partial charge in [0.15, 0.2) is 0 Å². The monoisotopic (exact) mass is 2490 g/mol. The van der Waals surface area contributed by atoms with Gasteiger partial charge in [-0.05, 0) is 322 Å². The third-order valence-corrected chi connectivity index (χ3v) is 42.8. The van der Waals surface area contributed by atoms with Gasteiger partial charge in [-0.3, -0.25) is 0 Å². The number of fused-ring (bicyclic) bond motifs is 6. The van der Waals surface area contributed by atoms with Crippen LogP contribution in [0, 0.1) is 128 Å². The van der Waals surface area contributed by atoms with Crippen molar-refractivity contribution in [1.29, 1.82) is 0 Å². The van der Waals surface area contributed by atoms with Crippen LogP contribution in [0.15, 0.2) is 144 Å². The van der Waals surface area contributed by atoms with E-state index < -0.39 is 17.5 Å². The molecule has 0 amide bonds. The third-order valence-electron chi connectivity index (χ3n) is 31.1. The number of nitrogens with zero attached hydrogens (tertiary/aromatic N) is 6. The minimum atomic E-state index is -4.55. The van der Waals surface area contributed by atoms with Crippen LogP contribution in [0.5, 0.6) is 23.0 Å². The van der Waals surface area contributed by atoms with Gasteiger partial charge in [0.05, 0.1) is 26.1 Å². The summed E-state index contributed by atoms with van der Waals surface area (Å²) < 4.78 is 73.2. The van der Waals surface area contributed by atoms with E-state index in [2.05, 4.69) is 248 Å². The van der Waals surface area contributed by atoms with Crippen molar-refractivity contribution < 1.29 is 87.0 Å². The van der Waals surface area contributed by atoms with Gasteiger partial charge in [-0.2, -0.15) is 47.3 Å². The van der Waals surface area contributed by atoms with E-state index in [0.29, 0.717) is 50.8 Å². The molecule has 8 aromatic carbocycles. The van der Waals surface area contributed by atoms with Crippen molar-refractivity contribution in [3.63, 3.8) is 0 Å². The molecular weight excluding hydrogens is 2330 g/mol. The van der Waals surface area contributed by atoms with E-state index in [1.165, 1.54) is 194 Å². The van der Waals surface area contributed by atoms with Gasteiger partial charge in [0, 0.05) is 26.7 Å². The summed E-state index contributed by atoms with van der Waals surface area (Å²) in [6, 6.07) is 38.8. The zero-order chi connectivity index (χ0) is 105. The van der Waals surface area contributed by atoms with Crippen LogP contribution in [-0.4, -0.2) is 46.7 Å². The van der Waals surface area contributed by atoms with Crippen LogP contribution in [0.2, 0.25) is 0 Å². The van der Waals surface area contributed by atoms with Crippen molar-refractivity contribution in [2.75, 3.05) is 7.11 Å². The summed E-state index contributed by atoms with van der Waals surface area (Å²) in [5.41, 5.74) is 32.6. The maximum absolute atomic E-state index is 13.7. The number of hydrogen-bond acceptors (Lipinski definition) is 7. The molecule has 13 aliphatic carbocycles. The van der Waals surface area contributed by atoms with Crippen LogP contribution in [0.25, 0.3) is 44.2 Å². The summed E-state index contributed by atoms with van der Waals surface area (Å²) in [6.07, 6.45) is 34.2. The molecule has 0 aliphatic heterocycles. The molecule has 0 spiro atoms. The molecule has 8 fully saturated rings. The van der Waals surface area contributed by atoms with Crippen LogP contribution in [0.3, 0.4) is 0 Å². The average molecular weight is 2490 g/mol. The van der Waals surface area contributed by atoms with Gasteiger partial charge in [-0.1, -0.05) is 124 Å². The van der Waals surface area contributed by atoms with Crippen LogP contribution in [-0.2, 0) is 124 Å². The van der Waals surface area contributed by atoms with E-state index in [4.69, 9.17) is 15.2 Å². The molecular formula is C126H158Br4F3Mo3N6O4-3. The number of benzene rings is 8. The number of methoxy groups -OCH3 is 1.